The summed E-state index contributed by atoms with van der Waals surface area (Å²) >= 11 is 3.79. The van der Waals surface area contributed by atoms with Crippen molar-refractivity contribution in [3.8, 4) is 27.9 Å². The van der Waals surface area contributed by atoms with Crippen LogP contribution in [-0.4, -0.2) is 11.8 Å². The predicted octanol–water partition coefficient (Wildman–Crippen LogP) is 14.2. The summed E-state index contributed by atoms with van der Waals surface area (Å²) < 4.78 is 7.94. The van der Waals surface area contributed by atoms with E-state index in [1.165, 1.54) is 118 Å². The summed E-state index contributed by atoms with van der Waals surface area (Å²) in [6.07, 6.45) is 0. The molecular weight excluding hydrogens is 764 g/mol. The molecule has 11 aromatic rings. The van der Waals surface area contributed by atoms with Gasteiger partial charge < -0.3 is 9.88 Å². The summed E-state index contributed by atoms with van der Waals surface area (Å²) in [5, 5.41) is 11.9. The van der Waals surface area contributed by atoms with Gasteiger partial charge in [0.15, 0.2) is 7.28 Å². The highest BCUT2D eigenvalue weighted by atomic mass is 32.1. The molecule has 8 aromatic carbocycles. The molecule has 0 amide bonds. The van der Waals surface area contributed by atoms with Crippen LogP contribution >= 0.6 is 22.7 Å². The molecule has 0 atom stereocenters. The molecule has 1 N–H and O–H groups in total. The summed E-state index contributed by atoms with van der Waals surface area (Å²) in [5.74, 6) is 0. The van der Waals surface area contributed by atoms with Gasteiger partial charge in [0, 0.05) is 79.3 Å². The first-order chi connectivity index (χ1) is 29.1. The summed E-state index contributed by atoms with van der Waals surface area (Å²) in [5.41, 5.74) is 18.3. The van der Waals surface area contributed by atoms with Crippen molar-refractivity contribution in [1.82, 2.24) is 4.57 Å². The van der Waals surface area contributed by atoms with Crippen molar-refractivity contribution in [3.05, 3.63) is 162 Å². The molecule has 0 spiro atoms. The smallest absolute Gasteiger partial charge is 0.198 e. The number of thiophene rings is 2. The predicted molar refractivity (Wildman–Crippen MR) is 264 cm³/mol. The van der Waals surface area contributed by atoms with Gasteiger partial charge in [-0.2, -0.15) is 0 Å². The lowest BCUT2D eigenvalue weighted by molar-refractivity contribution is 0.590. The van der Waals surface area contributed by atoms with Gasteiger partial charge in [-0.25, -0.2) is 0 Å². The standard InChI is InChI=1S/C55H41BN2S2/c1-54(2,3)30-18-20-31(21-19-30)57-45-28-50-40(33-13-7-10-16-48(33)59-50)24-38(45)35-22-23-36-39-25-43-37(32-12-6-9-15-42(32)55(43,4)5)27-46(39)58-47-29-51-41(26-44(47)56-52(35)53(36)58)34-14-8-11-17-49(34)60-51/h6-29,56-57H,1-5H3. The van der Waals surface area contributed by atoms with Crippen LogP contribution in [0, 0.1) is 0 Å². The number of benzene rings is 8. The van der Waals surface area contributed by atoms with Gasteiger partial charge in [-0.1, -0.05) is 131 Å². The number of hydrogen-bond acceptors (Lipinski definition) is 3. The van der Waals surface area contributed by atoms with Crippen LogP contribution in [0.15, 0.2) is 146 Å². The van der Waals surface area contributed by atoms with E-state index in [0.717, 1.165) is 18.7 Å². The maximum Gasteiger partial charge on any atom is 0.198 e. The molecule has 0 saturated heterocycles. The lowest BCUT2D eigenvalue weighted by Crippen LogP contribution is -2.37. The molecular formula is C55H41BN2S2. The topological polar surface area (TPSA) is 17.0 Å². The highest BCUT2D eigenvalue weighted by Crippen LogP contribution is 2.52. The Morgan fingerprint density at radius 3 is 1.97 bits per heavy atom. The minimum absolute atomic E-state index is 0.0803. The van der Waals surface area contributed by atoms with Crippen LogP contribution < -0.4 is 16.2 Å². The summed E-state index contributed by atoms with van der Waals surface area (Å²) in [7, 11) is 0.856. The molecule has 1 aliphatic carbocycles. The monoisotopic (exact) mass is 804 g/mol. The van der Waals surface area contributed by atoms with Gasteiger partial charge >= 0.3 is 0 Å². The zero-order valence-electron chi connectivity index (χ0n) is 34.3. The lowest BCUT2D eigenvalue weighted by Gasteiger charge is -2.24. The number of hydrogen-bond donors (Lipinski definition) is 1. The fourth-order valence-corrected chi connectivity index (χ4v) is 12.9. The van der Waals surface area contributed by atoms with Crippen LogP contribution in [0.25, 0.3) is 90.1 Å². The van der Waals surface area contributed by atoms with Gasteiger partial charge in [0.25, 0.3) is 0 Å². The number of aromatic nitrogens is 1. The molecule has 2 nitrogen and oxygen atoms in total. The average Bonchev–Trinajstić information content (AvgIpc) is 3.96. The van der Waals surface area contributed by atoms with E-state index in [1.807, 2.05) is 22.7 Å². The van der Waals surface area contributed by atoms with Gasteiger partial charge in [-0.3, -0.25) is 0 Å². The van der Waals surface area contributed by atoms with E-state index < -0.39 is 0 Å². The Labute approximate surface area is 358 Å². The summed E-state index contributed by atoms with van der Waals surface area (Å²) in [4.78, 5) is 0. The van der Waals surface area contributed by atoms with Crippen molar-refractivity contribution in [1.29, 1.82) is 0 Å². The van der Waals surface area contributed by atoms with Gasteiger partial charge in [0.05, 0.1) is 5.52 Å². The quantitative estimate of drug-likeness (QED) is 0.176. The molecule has 4 heterocycles. The Morgan fingerprint density at radius 1 is 0.533 bits per heavy atom. The van der Waals surface area contributed by atoms with E-state index in [1.54, 1.807) is 0 Å². The van der Waals surface area contributed by atoms with Gasteiger partial charge in [-0.05, 0) is 104 Å². The van der Waals surface area contributed by atoms with Gasteiger partial charge in [0.2, 0.25) is 0 Å². The van der Waals surface area contributed by atoms with Crippen molar-refractivity contribution in [3.63, 3.8) is 0 Å². The van der Waals surface area contributed by atoms with E-state index in [-0.39, 0.29) is 10.8 Å². The van der Waals surface area contributed by atoms with Crippen molar-refractivity contribution < 1.29 is 0 Å². The van der Waals surface area contributed by atoms with Gasteiger partial charge in [0.1, 0.15) is 0 Å². The maximum atomic E-state index is 3.95. The van der Waals surface area contributed by atoms with Crippen LogP contribution in [0.4, 0.5) is 11.4 Å². The molecule has 0 bridgehead atoms. The van der Waals surface area contributed by atoms with Gasteiger partial charge in [-0.15, -0.1) is 22.7 Å². The van der Waals surface area contributed by atoms with E-state index in [2.05, 4.69) is 190 Å². The SMILES string of the molecule is CC(C)(C)c1ccc(Nc2cc3sc4ccccc4c3cc2-c2ccc3c4cc5c(cc4n4c3c2Bc2cc3c(cc2-4)sc2ccccc23)-c2ccccc2C5(C)C)cc1. The first-order valence-electron chi connectivity index (χ1n) is 21.1. The molecule has 2 aliphatic rings. The number of nitrogens with zero attached hydrogens (tertiary/aromatic N) is 1. The van der Waals surface area contributed by atoms with Crippen LogP contribution in [0.5, 0.6) is 0 Å². The van der Waals surface area contributed by atoms with Crippen molar-refractivity contribution in [2.45, 2.75) is 45.4 Å². The Morgan fingerprint density at radius 2 is 1.22 bits per heavy atom. The largest absolute Gasteiger partial charge is 0.355 e. The van der Waals surface area contributed by atoms with Crippen LogP contribution in [0.3, 0.4) is 0 Å². The highest BCUT2D eigenvalue weighted by molar-refractivity contribution is 7.26. The second kappa shape index (κ2) is 12.0. The third kappa shape index (κ3) is 4.76. The molecule has 60 heavy (non-hydrogen) atoms. The van der Waals surface area contributed by atoms with Crippen molar-refractivity contribution >= 4 is 114 Å². The summed E-state index contributed by atoms with van der Waals surface area (Å²) in [6.45, 7) is 11.6. The molecule has 3 aromatic heterocycles. The Kier molecular flexibility index (Phi) is 6.94. The second-order valence-corrected chi connectivity index (χ2v) is 20.8. The molecule has 286 valence electrons. The Balaban J connectivity index is 1.11. The number of anilines is 2. The molecule has 0 saturated carbocycles. The van der Waals surface area contributed by atoms with Crippen LogP contribution in [-0.2, 0) is 10.8 Å². The number of nitrogens with one attached hydrogen (secondary N) is 1. The maximum absolute atomic E-state index is 3.95. The normalized spacial score (nSPS) is 14.0. The molecule has 13 rings (SSSR count). The van der Waals surface area contributed by atoms with Crippen LogP contribution in [0.1, 0.15) is 51.3 Å². The van der Waals surface area contributed by atoms with E-state index in [9.17, 15) is 0 Å². The fraction of sp³-hybridized carbons (Fsp3) is 0.127. The molecule has 1 aliphatic heterocycles. The first kappa shape index (κ1) is 34.7. The number of rotatable bonds is 3. The first-order valence-corrected chi connectivity index (χ1v) is 22.8. The molecule has 0 fully saturated rings. The third-order valence-electron chi connectivity index (χ3n) is 13.8. The van der Waals surface area contributed by atoms with Crippen molar-refractivity contribution in [2.75, 3.05) is 5.32 Å². The molecule has 0 unspecified atom stereocenters. The zero-order valence-corrected chi connectivity index (χ0v) is 36.0. The fourth-order valence-electron chi connectivity index (χ4n) is 10.7. The van der Waals surface area contributed by atoms with E-state index in [4.69, 9.17) is 0 Å². The third-order valence-corrected chi connectivity index (χ3v) is 16.0. The second-order valence-electron chi connectivity index (χ2n) is 18.6. The van der Waals surface area contributed by atoms with Crippen LogP contribution in [0.2, 0.25) is 0 Å². The zero-order chi connectivity index (χ0) is 40.2. The van der Waals surface area contributed by atoms with Crippen molar-refractivity contribution in [2.24, 2.45) is 0 Å². The Bertz CT molecular complexity index is 3670. The summed E-state index contributed by atoms with van der Waals surface area (Å²) in [6, 6.07) is 55.7. The minimum atomic E-state index is -0.0803. The number of fused-ring (bicyclic) bond motifs is 14. The minimum Gasteiger partial charge on any atom is -0.355 e. The Hall–Kier alpha value is -6.14. The van der Waals surface area contributed by atoms with E-state index >= 15 is 0 Å². The molecule has 0 radical (unpaired) electrons. The molecule has 5 heteroatoms. The lowest BCUT2D eigenvalue weighted by atomic mass is 9.59. The van der Waals surface area contributed by atoms with E-state index in [0.29, 0.717) is 0 Å². The highest BCUT2D eigenvalue weighted by Gasteiger charge is 2.37. The average molecular weight is 805 g/mol.